The molecule has 0 unspecified atom stereocenters. The molecule has 0 aliphatic heterocycles. The molecule has 0 aliphatic carbocycles. The molecule has 12 heteroatoms. The Morgan fingerprint density at radius 3 is 1.46 bits per heavy atom. The molecule has 0 atom stereocenters. The maximum atomic E-state index is 13.1. The van der Waals surface area contributed by atoms with Gasteiger partial charge in [-0.25, -0.2) is 24.3 Å². The van der Waals surface area contributed by atoms with Crippen LogP contribution < -0.4 is 4.74 Å². The molecule has 0 aliphatic rings. The van der Waals surface area contributed by atoms with Gasteiger partial charge in [0.1, 0.15) is 5.75 Å². The Morgan fingerprint density at radius 2 is 1.00 bits per heavy atom. The second-order valence-corrected chi connectivity index (χ2v) is 16.0. The predicted octanol–water partition coefficient (Wildman–Crippen LogP) is 10.9. The largest absolute Gasteiger partial charge is 0.461 e. The van der Waals surface area contributed by atoms with Gasteiger partial charge in [-0.1, -0.05) is 110 Å². The summed E-state index contributed by atoms with van der Waals surface area (Å²) in [5.74, 6) is -3.30. The van der Waals surface area contributed by atoms with Crippen molar-refractivity contribution in [3.8, 4) is 5.75 Å². The van der Waals surface area contributed by atoms with Gasteiger partial charge in [0.05, 0.1) is 55.6 Å². The van der Waals surface area contributed by atoms with Gasteiger partial charge < -0.3 is 14.2 Å². The number of hydrogen-bond donors (Lipinski definition) is 0. The van der Waals surface area contributed by atoms with Crippen LogP contribution >= 0.6 is 46.4 Å². The summed E-state index contributed by atoms with van der Waals surface area (Å²) in [6.07, 6.45) is 1.24. The summed E-state index contributed by atoms with van der Waals surface area (Å²) in [4.78, 5) is 49.8. The number of carbonyl (C=O) groups is 4. The van der Waals surface area contributed by atoms with Gasteiger partial charge in [-0.3, -0.25) is 0 Å². The average molecular weight is 809 g/mol. The molecule has 0 aromatic heterocycles. The van der Waals surface area contributed by atoms with Crippen molar-refractivity contribution in [3.05, 3.63) is 144 Å². The summed E-state index contributed by atoms with van der Waals surface area (Å²) < 4.78 is 16.7. The SMILES string of the molecule is CC(C)(COC(=O)c1c(Cl)c[c]cc1Cl)Cc1ccc(CC(C)(C)COC(=O)c2c(Cl)cc(OC(=O)c3ccc4cc(C([O])=O)ccc4c3)cc2Cl)cc1. The van der Waals surface area contributed by atoms with Gasteiger partial charge in [0.2, 0.25) is 0 Å². The van der Waals surface area contributed by atoms with E-state index in [0.29, 0.717) is 23.6 Å². The zero-order chi connectivity index (χ0) is 39.4. The standard InChI is InChI=1S/C42H34Cl4O8/c1-41(2,22-52-39(50)35-31(43)6-5-7-32(35)44)20-24-8-10-25(11-9-24)21-42(3,4)23-53-40(51)36-33(45)18-30(19-34(36)46)54-38(49)29-15-13-26-16-28(37(47)48)14-12-27(26)17-29/h6-19H,20-23H2,1-4H3. The first kappa shape index (κ1) is 40.6. The van der Waals surface area contributed by atoms with Crippen LogP contribution in [-0.4, -0.2) is 37.1 Å². The molecule has 8 nitrogen and oxygen atoms in total. The van der Waals surface area contributed by atoms with Crippen molar-refractivity contribution in [2.45, 2.75) is 40.5 Å². The van der Waals surface area contributed by atoms with Crippen LogP contribution in [0.2, 0.25) is 20.1 Å². The second kappa shape index (κ2) is 16.8. The number of hydrogen-bond acceptors (Lipinski definition) is 7. The predicted molar refractivity (Wildman–Crippen MR) is 208 cm³/mol. The van der Waals surface area contributed by atoms with Crippen molar-refractivity contribution >= 4 is 81.1 Å². The van der Waals surface area contributed by atoms with Crippen molar-refractivity contribution in [1.29, 1.82) is 0 Å². The number of fused-ring (bicyclic) bond motifs is 1. The molecule has 0 fully saturated rings. The smallest absolute Gasteiger partial charge is 0.386 e. The van der Waals surface area contributed by atoms with Crippen LogP contribution in [0, 0.1) is 16.9 Å². The van der Waals surface area contributed by atoms with Crippen LogP contribution in [0.3, 0.4) is 0 Å². The highest BCUT2D eigenvalue weighted by Gasteiger charge is 2.26. The third-order valence-electron chi connectivity index (χ3n) is 8.42. The van der Waals surface area contributed by atoms with Crippen molar-refractivity contribution in [3.63, 3.8) is 0 Å². The van der Waals surface area contributed by atoms with E-state index in [2.05, 4.69) is 6.07 Å². The fourth-order valence-electron chi connectivity index (χ4n) is 5.76. The molecule has 5 aromatic carbocycles. The first-order valence-electron chi connectivity index (χ1n) is 16.6. The Bertz CT molecular complexity index is 2200. The molecule has 54 heavy (non-hydrogen) atoms. The number of esters is 3. The normalized spacial score (nSPS) is 11.6. The van der Waals surface area contributed by atoms with Gasteiger partial charge in [0.25, 0.3) is 0 Å². The molecule has 0 bridgehead atoms. The molecule has 0 saturated carbocycles. The number of rotatable bonds is 13. The van der Waals surface area contributed by atoms with E-state index in [-0.39, 0.29) is 66.7 Å². The van der Waals surface area contributed by atoms with Crippen molar-refractivity contribution in [1.82, 2.24) is 0 Å². The van der Waals surface area contributed by atoms with Gasteiger partial charge in [-0.15, -0.1) is 0 Å². The summed E-state index contributed by atoms with van der Waals surface area (Å²) in [5, 5.41) is 12.6. The van der Waals surface area contributed by atoms with E-state index in [0.717, 1.165) is 11.1 Å². The minimum atomic E-state index is -1.30. The van der Waals surface area contributed by atoms with Gasteiger partial charge in [-0.2, -0.15) is 0 Å². The van der Waals surface area contributed by atoms with Gasteiger partial charge in [0.15, 0.2) is 0 Å². The van der Waals surface area contributed by atoms with Crippen molar-refractivity contribution in [2.75, 3.05) is 13.2 Å². The van der Waals surface area contributed by atoms with E-state index < -0.39 is 29.3 Å². The lowest BCUT2D eigenvalue weighted by Crippen LogP contribution is -2.25. The zero-order valence-electron chi connectivity index (χ0n) is 29.7. The Kier molecular flexibility index (Phi) is 12.6. The molecule has 0 N–H and O–H groups in total. The molecule has 0 heterocycles. The monoisotopic (exact) mass is 806 g/mol. The van der Waals surface area contributed by atoms with Crippen LogP contribution in [0.5, 0.6) is 5.75 Å². The number of halogens is 4. The Labute approximate surface area is 332 Å². The summed E-state index contributed by atoms with van der Waals surface area (Å²) in [6, 6.07) is 25.4. The first-order chi connectivity index (χ1) is 25.4. The number of carbonyl (C=O) groups excluding carboxylic acids is 4. The first-order valence-corrected chi connectivity index (χ1v) is 18.2. The molecule has 0 saturated heterocycles. The Hall–Kier alpha value is -4.60. The Balaban J connectivity index is 1.14. The average Bonchev–Trinajstić information content (AvgIpc) is 3.09. The van der Waals surface area contributed by atoms with Crippen LogP contribution in [0.4, 0.5) is 0 Å². The minimum absolute atomic E-state index is 0.0207. The van der Waals surface area contributed by atoms with Crippen LogP contribution in [0.1, 0.15) is 80.3 Å². The molecular formula is C42H34Cl4O8. The second-order valence-electron chi connectivity index (χ2n) is 14.4. The molecule has 278 valence electrons. The molecule has 2 radical (unpaired) electrons. The van der Waals surface area contributed by atoms with E-state index in [1.54, 1.807) is 18.2 Å². The van der Waals surface area contributed by atoms with E-state index in [1.165, 1.54) is 42.5 Å². The quantitative estimate of drug-likeness (QED) is 0.0859. The Morgan fingerprint density at radius 1 is 0.574 bits per heavy atom. The van der Waals surface area contributed by atoms with Crippen molar-refractivity contribution < 1.29 is 38.5 Å². The third kappa shape index (κ3) is 10.3. The van der Waals surface area contributed by atoms with E-state index in [9.17, 15) is 24.3 Å². The highest BCUT2D eigenvalue weighted by atomic mass is 35.5. The summed E-state index contributed by atoms with van der Waals surface area (Å²) in [5.41, 5.74) is 1.54. The zero-order valence-corrected chi connectivity index (χ0v) is 32.7. The van der Waals surface area contributed by atoms with E-state index in [4.69, 9.17) is 60.6 Å². The molecule has 0 amide bonds. The third-order valence-corrected chi connectivity index (χ3v) is 9.61. The lowest BCUT2D eigenvalue weighted by atomic mass is 9.84. The molecule has 5 aromatic rings. The topological polar surface area (TPSA) is 116 Å². The minimum Gasteiger partial charge on any atom is -0.461 e. The van der Waals surface area contributed by atoms with E-state index in [1.807, 2.05) is 52.0 Å². The van der Waals surface area contributed by atoms with Gasteiger partial charge in [0, 0.05) is 23.0 Å². The maximum absolute atomic E-state index is 13.1. The molecule has 0 spiro atoms. The fourth-order valence-corrected chi connectivity index (χ4v) is 6.91. The van der Waals surface area contributed by atoms with Crippen LogP contribution in [0.25, 0.3) is 10.8 Å². The lowest BCUT2D eigenvalue weighted by molar-refractivity contribution is 0.0334. The van der Waals surface area contributed by atoms with Gasteiger partial charge >= 0.3 is 23.9 Å². The highest BCUT2D eigenvalue weighted by Crippen LogP contribution is 2.33. The molecular weight excluding hydrogens is 774 g/mol. The highest BCUT2D eigenvalue weighted by molar-refractivity contribution is 6.40. The van der Waals surface area contributed by atoms with E-state index >= 15 is 0 Å². The number of benzene rings is 5. The maximum Gasteiger partial charge on any atom is 0.386 e. The van der Waals surface area contributed by atoms with Crippen LogP contribution in [-0.2, 0) is 27.4 Å². The fraction of sp³-hybridized carbons (Fsp3) is 0.238. The summed E-state index contributed by atoms with van der Waals surface area (Å²) in [7, 11) is 0. The van der Waals surface area contributed by atoms with Gasteiger partial charge in [-0.05, 0) is 77.2 Å². The lowest BCUT2D eigenvalue weighted by Gasteiger charge is -2.26. The summed E-state index contributed by atoms with van der Waals surface area (Å²) >= 11 is 25.1. The molecule has 5 rings (SSSR count). The number of ether oxygens (including phenoxy) is 3. The van der Waals surface area contributed by atoms with Crippen LogP contribution in [0.15, 0.2) is 84.9 Å². The van der Waals surface area contributed by atoms with Crippen molar-refractivity contribution in [2.24, 2.45) is 10.8 Å². The summed E-state index contributed by atoms with van der Waals surface area (Å²) in [6.45, 7) is 8.15.